The molecule has 0 spiro atoms. The van der Waals surface area contributed by atoms with E-state index in [4.69, 9.17) is 10.5 Å². The van der Waals surface area contributed by atoms with E-state index in [0.29, 0.717) is 12.3 Å². The number of nitrogens with two attached hydrogens (primary N) is 1. The van der Waals surface area contributed by atoms with Crippen molar-refractivity contribution >= 4 is 17.3 Å². The number of carbonyl (C=O) groups is 1. The van der Waals surface area contributed by atoms with Gasteiger partial charge in [0.05, 0.1) is 0 Å². The fourth-order valence-corrected chi connectivity index (χ4v) is 4.40. The maximum Gasteiger partial charge on any atom is 0.263 e. The van der Waals surface area contributed by atoms with Crippen molar-refractivity contribution in [3.63, 3.8) is 0 Å². The number of β-amino-alcohol motifs (C(OH)–C–C–N with tert-alkyl or cyclic N) is 1. The van der Waals surface area contributed by atoms with Crippen molar-refractivity contribution in [2.45, 2.75) is 58.9 Å². The van der Waals surface area contributed by atoms with E-state index in [1.165, 1.54) is 0 Å². The second kappa shape index (κ2) is 10.9. The number of benzene rings is 2. The lowest BCUT2D eigenvalue weighted by molar-refractivity contribution is -0.139. The molecule has 1 aliphatic rings. The van der Waals surface area contributed by atoms with Gasteiger partial charge in [0, 0.05) is 44.1 Å². The number of carbonyl (C=O) groups excluding carboxylic acids is 1. The number of aryl methyl sites for hydroxylation is 1. The van der Waals surface area contributed by atoms with Crippen LogP contribution in [0, 0.1) is 20.8 Å². The second-order valence-electron chi connectivity index (χ2n) is 9.12. The van der Waals surface area contributed by atoms with Gasteiger partial charge in [-0.15, -0.1) is 0 Å². The summed E-state index contributed by atoms with van der Waals surface area (Å²) in [6.07, 6.45) is 0.524. The first-order chi connectivity index (χ1) is 15.7. The Labute approximate surface area is 197 Å². The summed E-state index contributed by atoms with van der Waals surface area (Å²) < 4.78 is 6.07. The molecular weight excluding hydrogens is 416 g/mol. The van der Waals surface area contributed by atoms with Gasteiger partial charge in [-0.2, -0.15) is 0 Å². The first-order valence-corrected chi connectivity index (χ1v) is 11.7. The van der Waals surface area contributed by atoms with Crippen LogP contribution in [0.1, 0.15) is 36.5 Å². The van der Waals surface area contributed by atoms with Crippen LogP contribution in [-0.4, -0.2) is 65.9 Å². The summed E-state index contributed by atoms with van der Waals surface area (Å²) in [4.78, 5) is 17.1. The number of likely N-dealkylation sites (tertiary alicyclic amines) is 1. The van der Waals surface area contributed by atoms with Gasteiger partial charge in [-0.3, -0.25) is 9.69 Å². The van der Waals surface area contributed by atoms with Gasteiger partial charge >= 0.3 is 0 Å². The van der Waals surface area contributed by atoms with E-state index < -0.39 is 12.3 Å². The highest BCUT2D eigenvalue weighted by atomic mass is 16.5. The third kappa shape index (κ3) is 6.18. The van der Waals surface area contributed by atoms with Crippen LogP contribution in [0.5, 0.6) is 5.75 Å². The minimum Gasteiger partial charge on any atom is -0.481 e. The van der Waals surface area contributed by atoms with E-state index >= 15 is 0 Å². The lowest BCUT2D eigenvalue weighted by Gasteiger charge is -2.38. The van der Waals surface area contributed by atoms with Crippen LogP contribution >= 0.6 is 0 Å². The van der Waals surface area contributed by atoms with Crippen LogP contribution in [0.4, 0.5) is 11.4 Å². The third-order valence-electron chi connectivity index (χ3n) is 6.75. The summed E-state index contributed by atoms with van der Waals surface area (Å²) in [5.74, 6) is 0.689. The SMILES string of the molecule is Cc1cc(OC(C)C(=O)N(C)C2CCN(CC(O)Nc3ccccc3)CC2)c(C)c(C)c1N. The van der Waals surface area contributed by atoms with Gasteiger partial charge in [0.15, 0.2) is 6.10 Å². The molecular formula is C26H38N4O3. The van der Waals surface area contributed by atoms with Crippen LogP contribution in [0.2, 0.25) is 0 Å². The average Bonchev–Trinajstić information content (AvgIpc) is 2.81. The second-order valence-corrected chi connectivity index (χ2v) is 9.12. The highest BCUT2D eigenvalue weighted by Crippen LogP contribution is 2.30. The number of likely N-dealkylation sites (N-methyl/N-ethyl adjacent to an activating group) is 1. The summed E-state index contributed by atoms with van der Waals surface area (Å²) in [6.45, 7) is 9.92. The number of para-hydroxylation sites is 1. The molecule has 0 aromatic heterocycles. The van der Waals surface area contributed by atoms with Gasteiger partial charge in [0.1, 0.15) is 12.0 Å². The van der Waals surface area contributed by atoms with E-state index in [0.717, 1.165) is 54.0 Å². The molecule has 0 aliphatic carbocycles. The highest BCUT2D eigenvalue weighted by Gasteiger charge is 2.29. The van der Waals surface area contributed by atoms with Crippen molar-refractivity contribution < 1.29 is 14.6 Å². The molecule has 4 N–H and O–H groups in total. The van der Waals surface area contributed by atoms with Gasteiger partial charge in [0.2, 0.25) is 0 Å². The van der Waals surface area contributed by atoms with Gasteiger partial charge in [-0.05, 0) is 75.4 Å². The molecule has 2 unspecified atom stereocenters. The lowest BCUT2D eigenvalue weighted by atomic mass is 10.0. The standard InChI is InChI=1S/C26H38N4O3/c1-17-15-23(18(2)19(3)25(17)27)33-20(4)26(32)29(5)22-11-13-30(14-12-22)16-24(31)28-21-9-7-6-8-10-21/h6-10,15,20,22,24,28,31H,11-14,16,27H2,1-5H3. The molecule has 2 aromatic carbocycles. The lowest BCUT2D eigenvalue weighted by Crippen LogP contribution is -2.50. The largest absolute Gasteiger partial charge is 0.481 e. The topological polar surface area (TPSA) is 91.1 Å². The maximum absolute atomic E-state index is 13.1. The molecule has 0 bridgehead atoms. The normalized spacial score (nSPS) is 16.8. The molecule has 7 nitrogen and oxygen atoms in total. The average molecular weight is 455 g/mol. The molecule has 1 fully saturated rings. The predicted molar refractivity (Wildman–Crippen MR) is 133 cm³/mol. The van der Waals surface area contributed by atoms with Crippen molar-refractivity contribution in [2.75, 3.05) is 37.7 Å². The molecule has 7 heteroatoms. The van der Waals surface area contributed by atoms with E-state index in [2.05, 4.69) is 10.2 Å². The Morgan fingerprint density at radius 3 is 2.48 bits per heavy atom. The summed E-state index contributed by atoms with van der Waals surface area (Å²) >= 11 is 0. The van der Waals surface area contributed by atoms with E-state index in [9.17, 15) is 9.90 Å². The summed E-state index contributed by atoms with van der Waals surface area (Å²) in [5.41, 5.74) is 10.7. The monoisotopic (exact) mass is 454 g/mol. The molecule has 1 saturated heterocycles. The Morgan fingerprint density at radius 2 is 1.85 bits per heavy atom. The smallest absolute Gasteiger partial charge is 0.263 e. The van der Waals surface area contributed by atoms with Gasteiger partial charge in [0.25, 0.3) is 5.91 Å². The maximum atomic E-state index is 13.1. The fraction of sp³-hybridized carbons (Fsp3) is 0.500. The zero-order valence-corrected chi connectivity index (χ0v) is 20.5. The minimum atomic E-state index is -0.633. The van der Waals surface area contributed by atoms with Crippen molar-refractivity contribution in [2.24, 2.45) is 0 Å². The Balaban J connectivity index is 1.49. The molecule has 2 atom stereocenters. The van der Waals surface area contributed by atoms with Crippen LogP contribution in [0.15, 0.2) is 36.4 Å². The van der Waals surface area contributed by atoms with E-state index in [1.807, 2.05) is 69.1 Å². The number of amides is 1. The predicted octanol–water partition coefficient (Wildman–Crippen LogP) is 3.31. The Hall–Kier alpha value is -2.77. The molecule has 180 valence electrons. The number of aliphatic hydroxyl groups is 1. The number of anilines is 2. The molecule has 1 amide bonds. The number of hydrogen-bond acceptors (Lipinski definition) is 6. The fourth-order valence-electron chi connectivity index (χ4n) is 4.40. The zero-order valence-electron chi connectivity index (χ0n) is 20.5. The first-order valence-electron chi connectivity index (χ1n) is 11.7. The van der Waals surface area contributed by atoms with Crippen molar-refractivity contribution in [1.29, 1.82) is 0 Å². The number of ether oxygens (including phenoxy) is 1. The number of nitrogens with zero attached hydrogens (tertiary/aromatic N) is 2. The third-order valence-corrected chi connectivity index (χ3v) is 6.75. The van der Waals surface area contributed by atoms with Gasteiger partial charge in [-0.25, -0.2) is 0 Å². The highest BCUT2D eigenvalue weighted by molar-refractivity contribution is 5.81. The molecule has 1 aliphatic heterocycles. The number of aliphatic hydroxyl groups excluding tert-OH is 1. The summed E-state index contributed by atoms with van der Waals surface area (Å²) in [7, 11) is 1.86. The van der Waals surface area contributed by atoms with Crippen LogP contribution in [0.25, 0.3) is 0 Å². The van der Waals surface area contributed by atoms with Crippen LogP contribution in [-0.2, 0) is 4.79 Å². The molecule has 33 heavy (non-hydrogen) atoms. The number of rotatable bonds is 8. The van der Waals surface area contributed by atoms with E-state index in [1.54, 1.807) is 6.92 Å². The van der Waals surface area contributed by atoms with Crippen molar-refractivity contribution in [1.82, 2.24) is 9.80 Å². The summed E-state index contributed by atoms with van der Waals surface area (Å²) in [5, 5.41) is 13.5. The van der Waals surface area contributed by atoms with Crippen molar-refractivity contribution in [3.8, 4) is 5.75 Å². The Morgan fingerprint density at radius 1 is 1.21 bits per heavy atom. The number of hydrogen-bond donors (Lipinski definition) is 3. The molecule has 3 rings (SSSR count). The quantitative estimate of drug-likeness (QED) is 0.419. The Bertz CT molecular complexity index is 942. The Kier molecular flexibility index (Phi) is 8.21. The van der Waals surface area contributed by atoms with Crippen LogP contribution < -0.4 is 15.8 Å². The number of nitrogen functional groups attached to an aromatic ring is 1. The zero-order chi connectivity index (χ0) is 24.1. The van der Waals surface area contributed by atoms with Crippen molar-refractivity contribution in [3.05, 3.63) is 53.1 Å². The van der Waals surface area contributed by atoms with Crippen LogP contribution in [0.3, 0.4) is 0 Å². The first kappa shape index (κ1) is 24.9. The summed E-state index contributed by atoms with van der Waals surface area (Å²) in [6, 6.07) is 11.8. The number of piperidine rings is 1. The molecule has 2 aromatic rings. The number of nitrogens with one attached hydrogen (secondary N) is 1. The molecule has 0 saturated carbocycles. The van der Waals surface area contributed by atoms with Gasteiger partial charge in [-0.1, -0.05) is 18.2 Å². The minimum absolute atomic E-state index is 0.0224. The molecule has 0 radical (unpaired) electrons. The van der Waals surface area contributed by atoms with Gasteiger partial charge < -0.3 is 25.8 Å². The van der Waals surface area contributed by atoms with E-state index in [-0.39, 0.29) is 11.9 Å². The molecule has 1 heterocycles.